The minimum absolute atomic E-state index is 0.209. The van der Waals surface area contributed by atoms with Crippen LogP contribution in [0.3, 0.4) is 0 Å². The van der Waals surface area contributed by atoms with Gasteiger partial charge in [-0.15, -0.1) is 0 Å². The van der Waals surface area contributed by atoms with Crippen LogP contribution in [-0.4, -0.2) is 14.8 Å². The molecule has 24 heavy (non-hydrogen) atoms. The molecule has 0 fully saturated rings. The van der Waals surface area contributed by atoms with Gasteiger partial charge < -0.3 is 5.32 Å². The maximum atomic E-state index is 4.45. The lowest BCUT2D eigenvalue weighted by molar-refractivity contribution is 0.429. The van der Waals surface area contributed by atoms with E-state index >= 15 is 0 Å². The van der Waals surface area contributed by atoms with E-state index in [2.05, 4.69) is 77.8 Å². The lowest BCUT2D eigenvalue weighted by atomic mass is 9.91. The first kappa shape index (κ1) is 14.9. The van der Waals surface area contributed by atoms with Gasteiger partial charge in [-0.05, 0) is 42.0 Å². The fraction of sp³-hybridized carbons (Fsp3) is 0.300. The number of nitrogens with one attached hydrogen (secondary N) is 1. The Morgan fingerprint density at radius 1 is 1.12 bits per heavy atom. The normalized spacial score (nSPS) is 19.6. The van der Waals surface area contributed by atoms with Crippen molar-refractivity contribution >= 4 is 5.95 Å². The molecule has 122 valence electrons. The molecule has 4 rings (SSSR count). The van der Waals surface area contributed by atoms with Crippen molar-refractivity contribution in [2.24, 2.45) is 0 Å². The number of fused-ring (bicyclic) bond motifs is 1. The monoisotopic (exact) mass is 318 g/mol. The van der Waals surface area contributed by atoms with Gasteiger partial charge in [0.05, 0.1) is 12.1 Å². The highest BCUT2D eigenvalue weighted by atomic mass is 15.4. The van der Waals surface area contributed by atoms with Crippen LogP contribution in [0.4, 0.5) is 5.95 Å². The van der Waals surface area contributed by atoms with E-state index in [4.69, 9.17) is 0 Å². The fourth-order valence-electron chi connectivity index (χ4n) is 3.54. The summed E-state index contributed by atoms with van der Waals surface area (Å²) in [4.78, 5) is 4.41. The third kappa shape index (κ3) is 2.58. The second kappa shape index (κ2) is 6.11. The van der Waals surface area contributed by atoms with Crippen LogP contribution in [-0.2, 0) is 6.42 Å². The molecule has 0 amide bonds. The van der Waals surface area contributed by atoms with Gasteiger partial charge in [-0.1, -0.05) is 55.5 Å². The molecule has 2 aromatic carbocycles. The molecule has 0 saturated heterocycles. The minimum Gasteiger partial charge on any atom is -0.348 e. The van der Waals surface area contributed by atoms with Crippen LogP contribution < -0.4 is 5.32 Å². The summed E-state index contributed by atoms with van der Waals surface area (Å²) in [7, 11) is 0. The van der Waals surface area contributed by atoms with Crippen molar-refractivity contribution in [1.82, 2.24) is 14.8 Å². The molecule has 0 spiro atoms. The third-order valence-electron chi connectivity index (χ3n) is 4.97. The van der Waals surface area contributed by atoms with Crippen LogP contribution in [0.2, 0.25) is 0 Å². The number of anilines is 1. The number of rotatable bonds is 3. The molecule has 1 N–H and O–H groups in total. The second-order valence-corrected chi connectivity index (χ2v) is 6.43. The molecule has 3 aromatic rings. The largest absolute Gasteiger partial charge is 0.348 e. The van der Waals surface area contributed by atoms with Crippen molar-refractivity contribution in [3.63, 3.8) is 0 Å². The van der Waals surface area contributed by atoms with Crippen molar-refractivity contribution in [1.29, 1.82) is 0 Å². The summed E-state index contributed by atoms with van der Waals surface area (Å²) in [6, 6.07) is 17.9. The molecule has 2 heterocycles. The first-order chi connectivity index (χ1) is 11.8. The lowest BCUT2D eigenvalue weighted by Crippen LogP contribution is -2.28. The van der Waals surface area contributed by atoms with Crippen molar-refractivity contribution in [3.05, 3.63) is 77.1 Å². The maximum Gasteiger partial charge on any atom is 0.222 e. The molecule has 2 unspecified atom stereocenters. The van der Waals surface area contributed by atoms with Gasteiger partial charge >= 0.3 is 0 Å². The van der Waals surface area contributed by atoms with E-state index in [1.807, 2.05) is 4.68 Å². The van der Waals surface area contributed by atoms with E-state index in [9.17, 15) is 0 Å². The summed E-state index contributed by atoms with van der Waals surface area (Å²) in [6.45, 7) is 4.35. The zero-order chi connectivity index (χ0) is 16.5. The molecule has 0 radical (unpaired) electrons. The average Bonchev–Trinajstić information content (AvgIpc) is 3.10. The number of benzene rings is 2. The van der Waals surface area contributed by atoms with E-state index < -0.39 is 0 Å². The Labute approximate surface area is 142 Å². The maximum absolute atomic E-state index is 4.45. The molecular formula is C20H22N4. The molecule has 0 bridgehead atoms. The Kier molecular flexibility index (Phi) is 3.81. The number of hydrogen-bond acceptors (Lipinski definition) is 3. The average molecular weight is 318 g/mol. The zero-order valence-corrected chi connectivity index (χ0v) is 14.1. The topological polar surface area (TPSA) is 42.7 Å². The van der Waals surface area contributed by atoms with Crippen LogP contribution in [0.25, 0.3) is 0 Å². The molecule has 1 aliphatic heterocycles. The lowest BCUT2D eigenvalue weighted by Gasteiger charge is -2.32. The molecule has 4 nitrogen and oxygen atoms in total. The molecule has 2 atom stereocenters. The SMILES string of the molecule is CCc1ccc(C2CC(c3ccccc3C)n3ncnc3N2)cc1. The highest BCUT2D eigenvalue weighted by molar-refractivity contribution is 5.40. The van der Waals surface area contributed by atoms with Crippen molar-refractivity contribution in [2.75, 3.05) is 5.32 Å². The summed E-state index contributed by atoms with van der Waals surface area (Å²) >= 11 is 0. The summed E-state index contributed by atoms with van der Waals surface area (Å²) in [5, 5.41) is 7.99. The van der Waals surface area contributed by atoms with Crippen molar-refractivity contribution < 1.29 is 0 Å². The first-order valence-electron chi connectivity index (χ1n) is 8.56. The zero-order valence-electron chi connectivity index (χ0n) is 14.1. The Morgan fingerprint density at radius 3 is 2.67 bits per heavy atom. The Balaban J connectivity index is 1.72. The van der Waals surface area contributed by atoms with Gasteiger partial charge in [-0.25, -0.2) is 4.68 Å². The highest BCUT2D eigenvalue weighted by Gasteiger charge is 2.30. The van der Waals surface area contributed by atoms with Crippen LogP contribution in [0.15, 0.2) is 54.9 Å². The number of aryl methyl sites for hydroxylation is 2. The minimum atomic E-state index is 0.209. The highest BCUT2D eigenvalue weighted by Crippen LogP contribution is 2.38. The van der Waals surface area contributed by atoms with Crippen LogP contribution >= 0.6 is 0 Å². The Bertz CT molecular complexity index is 835. The van der Waals surface area contributed by atoms with Gasteiger partial charge in [0.15, 0.2) is 0 Å². The Morgan fingerprint density at radius 2 is 1.92 bits per heavy atom. The van der Waals surface area contributed by atoms with E-state index in [1.165, 1.54) is 22.3 Å². The van der Waals surface area contributed by atoms with E-state index in [1.54, 1.807) is 6.33 Å². The number of aromatic nitrogens is 3. The van der Waals surface area contributed by atoms with E-state index in [-0.39, 0.29) is 12.1 Å². The molecular weight excluding hydrogens is 296 g/mol. The van der Waals surface area contributed by atoms with E-state index in [0.29, 0.717) is 0 Å². The summed E-state index contributed by atoms with van der Waals surface area (Å²) in [5.74, 6) is 0.846. The number of hydrogen-bond donors (Lipinski definition) is 1. The predicted octanol–water partition coefficient (Wildman–Crippen LogP) is 4.30. The second-order valence-electron chi connectivity index (χ2n) is 6.43. The third-order valence-corrected chi connectivity index (χ3v) is 4.97. The van der Waals surface area contributed by atoms with Gasteiger partial charge in [0, 0.05) is 0 Å². The quantitative estimate of drug-likeness (QED) is 0.783. The van der Waals surface area contributed by atoms with Gasteiger partial charge in [-0.2, -0.15) is 10.1 Å². The summed E-state index contributed by atoms with van der Waals surface area (Å²) in [6.07, 6.45) is 3.67. The van der Waals surface area contributed by atoms with Gasteiger partial charge in [-0.3, -0.25) is 0 Å². The van der Waals surface area contributed by atoms with Gasteiger partial charge in [0.2, 0.25) is 5.95 Å². The molecule has 1 aliphatic rings. The standard InChI is InChI=1S/C20H22N4/c1-3-15-8-10-16(11-9-15)18-12-19(17-7-5-4-6-14(17)2)24-20(23-18)21-13-22-24/h4-11,13,18-19H,3,12H2,1-2H3,(H,21,22,23). The van der Waals surface area contributed by atoms with Crippen LogP contribution in [0.5, 0.6) is 0 Å². The van der Waals surface area contributed by atoms with Gasteiger partial charge in [0.25, 0.3) is 0 Å². The summed E-state index contributed by atoms with van der Waals surface area (Å²) in [5.41, 5.74) is 5.29. The smallest absolute Gasteiger partial charge is 0.222 e. The van der Waals surface area contributed by atoms with E-state index in [0.717, 1.165) is 18.8 Å². The van der Waals surface area contributed by atoms with Crippen molar-refractivity contribution in [3.8, 4) is 0 Å². The molecule has 0 aliphatic carbocycles. The van der Waals surface area contributed by atoms with Crippen LogP contribution in [0, 0.1) is 6.92 Å². The number of nitrogens with zero attached hydrogens (tertiary/aromatic N) is 3. The summed E-state index contributed by atoms with van der Waals surface area (Å²) < 4.78 is 2.01. The predicted molar refractivity (Wildman–Crippen MR) is 96.1 cm³/mol. The fourth-order valence-corrected chi connectivity index (χ4v) is 3.54. The van der Waals surface area contributed by atoms with Crippen molar-refractivity contribution in [2.45, 2.75) is 38.8 Å². The van der Waals surface area contributed by atoms with Gasteiger partial charge in [0.1, 0.15) is 6.33 Å². The Hall–Kier alpha value is -2.62. The molecule has 4 heteroatoms. The molecule has 1 aromatic heterocycles. The van der Waals surface area contributed by atoms with Crippen LogP contribution in [0.1, 0.15) is 47.7 Å². The first-order valence-corrected chi connectivity index (χ1v) is 8.56. The molecule has 0 saturated carbocycles.